The first-order chi connectivity index (χ1) is 12.7. The summed E-state index contributed by atoms with van der Waals surface area (Å²) >= 11 is 5.96. The molecule has 144 valence electrons. The topological polar surface area (TPSA) is 66.5 Å². The van der Waals surface area contributed by atoms with Crippen molar-refractivity contribution in [2.45, 2.75) is 32.2 Å². The van der Waals surface area contributed by atoms with Gasteiger partial charge in [-0.2, -0.15) is 0 Å². The van der Waals surface area contributed by atoms with Gasteiger partial charge in [0, 0.05) is 5.02 Å². The van der Waals surface area contributed by atoms with Crippen LogP contribution >= 0.6 is 11.6 Å². The van der Waals surface area contributed by atoms with E-state index in [1.54, 1.807) is 18.2 Å². The molecule has 0 radical (unpaired) electrons. The molecule has 1 amide bonds. The predicted octanol–water partition coefficient (Wildman–Crippen LogP) is 3.47. The first-order valence-corrected chi connectivity index (χ1v) is 11.1. The minimum absolute atomic E-state index is 0.204. The number of aryl methyl sites for hydroxylation is 2. The molecule has 0 saturated carbocycles. The molecular weight excluding hydrogens is 384 g/mol. The molecule has 0 saturated heterocycles. The molecule has 2 aromatic carbocycles. The van der Waals surface area contributed by atoms with E-state index in [0.717, 1.165) is 29.0 Å². The molecule has 1 atom stereocenters. The van der Waals surface area contributed by atoms with Gasteiger partial charge in [-0.3, -0.25) is 9.10 Å². The Bertz CT molecular complexity index is 959. The van der Waals surface area contributed by atoms with E-state index in [4.69, 9.17) is 11.6 Å². The van der Waals surface area contributed by atoms with Gasteiger partial charge in [0.15, 0.2) is 0 Å². The van der Waals surface area contributed by atoms with Crippen molar-refractivity contribution in [3.63, 3.8) is 0 Å². The van der Waals surface area contributed by atoms with E-state index >= 15 is 0 Å². The second-order valence-electron chi connectivity index (χ2n) is 6.92. The van der Waals surface area contributed by atoms with Crippen LogP contribution in [0.3, 0.4) is 0 Å². The van der Waals surface area contributed by atoms with Crippen LogP contribution in [0.2, 0.25) is 5.02 Å². The minimum atomic E-state index is -3.62. The van der Waals surface area contributed by atoms with Crippen LogP contribution in [0.1, 0.15) is 36.1 Å². The standard InChI is InChI=1S/C20H23ClN2O3S/c1-14(16-10-9-15-5-3-6-17(15)11-16)22-20(24)13-23(27(2,25)26)19-8-4-7-18(21)12-19/h4,7-12,14H,3,5-6,13H2,1-2H3,(H,22,24)/t14-/m0/s1. The van der Waals surface area contributed by atoms with E-state index in [1.165, 1.54) is 23.6 Å². The van der Waals surface area contributed by atoms with Crippen molar-refractivity contribution in [2.75, 3.05) is 17.1 Å². The number of fused-ring (bicyclic) bond motifs is 1. The lowest BCUT2D eigenvalue weighted by Gasteiger charge is -2.23. The Morgan fingerprint density at radius 3 is 2.63 bits per heavy atom. The number of anilines is 1. The third-order valence-corrected chi connectivity index (χ3v) is 6.16. The summed E-state index contributed by atoms with van der Waals surface area (Å²) in [5.74, 6) is -0.367. The molecule has 0 bridgehead atoms. The number of halogens is 1. The highest BCUT2D eigenvalue weighted by atomic mass is 35.5. The largest absolute Gasteiger partial charge is 0.348 e. The fourth-order valence-corrected chi connectivity index (χ4v) is 4.43. The molecule has 0 heterocycles. The summed E-state index contributed by atoms with van der Waals surface area (Å²) in [7, 11) is -3.62. The Labute approximate surface area is 165 Å². The first kappa shape index (κ1) is 19.7. The molecule has 0 spiro atoms. The summed E-state index contributed by atoms with van der Waals surface area (Å²) in [5.41, 5.74) is 4.11. The van der Waals surface area contributed by atoms with Crippen LogP contribution in [-0.4, -0.2) is 27.1 Å². The lowest BCUT2D eigenvalue weighted by Crippen LogP contribution is -2.41. The number of hydrogen-bond donors (Lipinski definition) is 1. The van der Waals surface area contributed by atoms with Gasteiger partial charge >= 0.3 is 0 Å². The summed E-state index contributed by atoms with van der Waals surface area (Å²) < 4.78 is 25.4. The average Bonchev–Trinajstić information content (AvgIpc) is 3.06. The molecule has 0 aromatic heterocycles. The van der Waals surface area contributed by atoms with Crippen molar-refractivity contribution in [3.8, 4) is 0 Å². The number of carbonyl (C=O) groups excluding carboxylic acids is 1. The van der Waals surface area contributed by atoms with E-state index in [1.807, 2.05) is 13.0 Å². The highest BCUT2D eigenvalue weighted by Gasteiger charge is 2.22. The Kier molecular flexibility index (Phi) is 5.77. The molecule has 1 N–H and O–H groups in total. The zero-order chi connectivity index (χ0) is 19.6. The molecule has 1 aliphatic rings. The quantitative estimate of drug-likeness (QED) is 0.798. The number of nitrogens with one attached hydrogen (secondary N) is 1. The van der Waals surface area contributed by atoms with Gasteiger partial charge in [-0.15, -0.1) is 0 Å². The zero-order valence-electron chi connectivity index (χ0n) is 15.4. The highest BCUT2D eigenvalue weighted by Crippen LogP contribution is 2.26. The molecule has 0 aliphatic heterocycles. The van der Waals surface area contributed by atoms with Gasteiger partial charge < -0.3 is 5.32 Å². The lowest BCUT2D eigenvalue weighted by atomic mass is 10.0. The molecular formula is C20H23ClN2O3S. The van der Waals surface area contributed by atoms with Gasteiger partial charge in [-0.25, -0.2) is 8.42 Å². The third-order valence-electron chi connectivity index (χ3n) is 4.78. The predicted molar refractivity (Wildman–Crippen MR) is 109 cm³/mol. The summed E-state index contributed by atoms with van der Waals surface area (Å²) in [4.78, 5) is 12.5. The lowest BCUT2D eigenvalue weighted by molar-refractivity contribution is -0.120. The molecule has 0 unspecified atom stereocenters. The molecule has 1 aliphatic carbocycles. The average molecular weight is 407 g/mol. The number of nitrogens with zero attached hydrogens (tertiary/aromatic N) is 1. The van der Waals surface area contributed by atoms with E-state index < -0.39 is 10.0 Å². The van der Waals surface area contributed by atoms with Crippen LogP contribution in [0, 0.1) is 0 Å². The van der Waals surface area contributed by atoms with Crippen LogP contribution in [0.15, 0.2) is 42.5 Å². The zero-order valence-corrected chi connectivity index (χ0v) is 17.0. The normalized spacial score (nSPS) is 14.5. The second-order valence-corrected chi connectivity index (χ2v) is 9.26. The van der Waals surface area contributed by atoms with Crippen molar-refractivity contribution in [1.82, 2.24) is 5.32 Å². The van der Waals surface area contributed by atoms with Gasteiger partial charge in [-0.1, -0.05) is 35.9 Å². The van der Waals surface area contributed by atoms with Gasteiger partial charge in [0.25, 0.3) is 0 Å². The maximum atomic E-state index is 12.5. The first-order valence-electron chi connectivity index (χ1n) is 8.88. The molecule has 5 nitrogen and oxygen atoms in total. The van der Waals surface area contributed by atoms with E-state index in [9.17, 15) is 13.2 Å². The molecule has 0 fully saturated rings. The number of carbonyl (C=O) groups is 1. The number of sulfonamides is 1. The van der Waals surface area contributed by atoms with Crippen LogP contribution in [0.4, 0.5) is 5.69 Å². The number of amides is 1. The Balaban J connectivity index is 1.72. The van der Waals surface area contributed by atoms with E-state index in [0.29, 0.717) is 10.7 Å². The molecule has 2 aromatic rings. The summed E-state index contributed by atoms with van der Waals surface area (Å²) in [5, 5.41) is 3.31. The Morgan fingerprint density at radius 1 is 1.19 bits per heavy atom. The smallest absolute Gasteiger partial charge is 0.241 e. The van der Waals surface area contributed by atoms with Crippen LogP contribution in [-0.2, 0) is 27.7 Å². The second kappa shape index (κ2) is 7.90. The number of benzene rings is 2. The minimum Gasteiger partial charge on any atom is -0.348 e. The summed E-state index contributed by atoms with van der Waals surface area (Å²) in [6.45, 7) is 1.60. The van der Waals surface area contributed by atoms with E-state index in [2.05, 4.69) is 17.4 Å². The third kappa shape index (κ3) is 4.82. The monoisotopic (exact) mass is 406 g/mol. The maximum absolute atomic E-state index is 12.5. The van der Waals surface area contributed by atoms with Crippen molar-refractivity contribution >= 4 is 33.2 Å². The highest BCUT2D eigenvalue weighted by molar-refractivity contribution is 7.92. The Hall–Kier alpha value is -2.05. The van der Waals surface area contributed by atoms with Gasteiger partial charge in [0.1, 0.15) is 6.54 Å². The molecule has 7 heteroatoms. The SMILES string of the molecule is C[C@H](NC(=O)CN(c1cccc(Cl)c1)S(C)(=O)=O)c1ccc2c(c1)CCC2. The van der Waals surface area contributed by atoms with Gasteiger partial charge in [-0.05, 0) is 61.1 Å². The maximum Gasteiger partial charge on any atom is 0.241 e. The summed E-state index contributed by atoms with van der Waals surface area (Å²) in [6.07, 6.45) is 4.42. The van der Waals surface area contributed by atoms with Crippen LogP contribution < -0.4 is 9.62 Å². The van der Waals surface area contributed by atoms with Crippen LogP contribution in [0.25, 0.3) is 0 Å². The molecule has 3 rings (SSSR count). The van der Waals surface area contributed by atoms with Crippen molar-refractivity contribution in [2.24, 2.45) is 0 Å². The Morgan fingerprint density at radius 2 is 1.93 bits per heavy atom. The van der Waals surface area contributed by atoms with Crippen molar-refractivity contribution in [1.29, 1.82) is 0 Å². The number of hydrogen-bond acceptors (Lipinski definition) is 3. The fraction of sp³-hybridized carbons (Fsp3) is 0.350. The van der Waals surface area contributed by atoms with Crippen molar-refractivity contribution in [3.05, 3.63) is 64.2 Å². The van der Waals surface area contributed by atoms with Crippen LogP contribution in [0.5, 0.6) is 0 Å². The number of rotatable bonds is 6. The summed E-state index contributed by atoms with van der Waals surface area (Å²) in [6, 6.07) is 12.5. The fourth-order valence-electron chi connectivity index (χ4n) is 3.39. The van der Waals surface area contributed by atoms with Gasteiger partial charge in [0.05, 0.1) is 18.0 Å². The molecule has 27 heavy (non-hydrogen) atoms. The van der Waals surface area contributed by atoms with Crippen molar-refractivity contribution < 1.29 is 13.2 Å². The van der Waals surface area contributed by atoms with E-state index in [-0.39, 0.29) is 18.5 Å². The van der Waals surface area contributed by atoms with Gasteiger partial charge in [0.2, 0.25) is 15.9 Å².